The molecule has 5 heteroatoms. The molecule has 1 fully saturated rings. The maximum Gasteiger partial charge on any atom is 0.254 e. The van der Waals surface area contributed by atoms with Crippen LogP contribution in [0.2, 0.25) is 0 Å². The Morgan fingerprint density at radius 2 is 2.26 bits per heavy atom. The number of aryl methyl sites for hydroxylation is 1. The molecule has 1 amide bonds. The van der Waals surface area contributed by atoms with Gasteiger partial charge in [-0.05, 0) is 32.4 Å². The zero-order valence-corrected chi connectivity index (χ0v) is 11.6. The topological polar surface area (TPSA) is 54.5 Å². The highest BCUT2D eigenvalue weighted by atomic mass is 16.5. The fourth-order valence-electron chi connectivity index (χ4n) is 2.20. The van der Waals surface area contributed by atoms with Crippen molar-refractivity contribution in [2.24, 2.45) is 0 Å². The summed E-state index contributed by atoms with van der Waals surface area (Å²) in [5, 5.41) is 3.15. The molecular formula is C14H21N3O2. The third-order valence-corrected chi connectivity index (χ3v) is 3.07. The van der Waals surface area contributed by atoms with E-state index in [1.165, 1.54) is 0 Å². The maximum atomic E-state index is 12.5. The fraction of sp³-hybridized carbons (Fsp3) is 0.571. The smallest absolute Gasteiger partial charge is 0.254 e. The molecule has 1 N–H and O–H groups in total. The summed E-state index contributed by atoms with van der Waals surface area (Å²) in [5.41, 5.74) is 1.55. The highest BCUT2D eigenvalue weighted by molar-refractivity contribution is 5.95. The number of ether oxygens (including phenoxy) is 1. The van der Waals surface area contributed by atoms with Gasteiger partial charge >= 0.3 is 0 Å². The van der Waals surface area contributed by atoms with Crippen molar-refractivity contribution >= 4 is 11.7 Å². The van der Waals surface area contributed by atoms with E-state index in [1.54, 1.807) is 0 Å². The molecule has 0 spiro atoms. The summed E-state index contributed by atoms with van der Waals surface area (Å²) < 4.78 is 5.38. The number of nitrogens with zero attached hydrogens (tertiary/aromatic N) is 2. The Bertz CT molecular complexity index is 440. The number of aromatic nitrogens is 1. The molecule has 1 aliphatic heterocycles. The molecule has 1 aliphatic rings. The van der Waals surface area contributed by atoms with E-state index < -0.39 is 0 Å². The van der Waals surface area contributed by atoms with E-state index in [2.05, 4.69) is 10.3 Å². The highest BCUT2D eigenvalue weighted by Gasteiger charge is 2.18. The van der Waals surface area contributed by atoms with Gasteiger partial charge in [-0.1, -0.05) is 0 Å². The van der Waals surface area contributed by atoms with Gasteiger partial charge in [0.25, 0.3) is 5.91 Å². The summed E-state index contributed by atoms with van der Waals surface area (Å²) in [7, 11) is 0. The third-order valence-electron chi connectivity index (χ3n) is 3.07. The van der Waals surface area contributed by atoms with Gasteiger partial charge in [0.1, 0.15) is 5.82 Å². The Labute approximate surface area is 114 Å². The number of hydrogen-bond acceptors (Lipinski definition) is 4. The van der Waals surface area contributed by atoms with Crippen molar-refractivity contribution in [3.8, 4) is 0 Å². The number of anilines is 1. The molecule has 0 bridgehead atoms. The van der Waals surface area contributed by atoms with Crippen LogP contribution in [-0.4, -0.2) is 48.6 Å². The van der Waals surface area contributed by atoms with E-state index in [9.17, 15) is 4.79 Å². The van der Waals surface area contributed by atoms with Crippen molar-refractivity contribution in [3.05, 3.63) is 23.4 Å². The molecule has 2 rings (SSSR count). The summed E-state index contributed by atoms with van der Waals surface area (Å²) in [6.45, 7) is 7.49. The molecule has 1 aromatic heterocycles. The summed E-state index contributed by atoms with van der Waals surface area (Å²) in [6.07, 6.45) is 0.899. The second kappa shape index (κ2) is 6.52. The summed E-state index contributed by atoms with van der Waals surface area (Å²) in [5.74, 6) is 0.826. The van der Waals surface area contributed by atoms with Crippen molar-refractivity contribution in [2.45, 2.75) is 20.3 Å². The number of carbonyl (C=O) groups excluding carboxylic acids is 1. The predicted molar refractivity (Wildman–Crippen MR) is 74.5 cm³/mol. The summed E-state index contributed by atoms with van der Waals surface area (Å²) >= 11 is 0. The first kappa shape index (κ1) is 13.8. The largest absolute Gasteiger partial charge is 0.380 e. The van der Waals surface area contributed by atoms with Gasteiger partial charge in [0.2, 0.25) is 0 Å². The van der Waals surface area contributed by atoms with E-state index in [1.807, 2.05) is 30.9 Å². The van der Waals surface area contributed by atoms with Crippen LogP contribution in [0.15, 0.2) is 12.1 Å². The van der Waals surface area contributed by atoms with Crippen molar-refractivity contribution < 1.29 is 9.53 Å². The Hall–Kier alpha value is -1.62. The van der Waals surface area contributed by atoms with Gasteiger partial charge in [-0.25, -0.2) is 4.98 Å². The molecule has 19 heavy (non-hydrogen) atoms. The average Bonchev–Trinajstić information content (AvgIpc) is 2.66. The van der Waals surface area contributed by atoms with E-state index in [4.69, 9.17) is 4.74 Å². The molecule has 0 aliphatic carbocycles. The number of nitrogens with one attached hydrogen (secondary N) is 1. The molecule has 1 aromatic rings. The van der Waals surface area contributed by atoms with Gasteiger partial charge in [0.15, 0.2) is 0 Å². The normalized spacial score (nSPS) is 16.0. The Balaban J connectivity index is 2.17. The second-order valence-electron chi connectivity index (χ2n) is 4.67. The first-order valence-electron chi connectivity index (χ1n) is 6.80. The van der Waals surface area contributed by atoms with Gasteiger partial charge < -0.3 is 15.0 Å². The van der Waals surface area contributed by atoms with Crippen LogP contribution < -0.4 is 5.32 Å². The second-order valence-corrected chi connectivity index (χ2v) is 4.67. The Morgan fingerprint density at radius 1 is 1.42 bits per heavy atom. The van der Waals surface area contributed by atoms with Gasteiger partial charge in [-0.15, -0.1) is 0 Å². The molecule has 2 heterocycles. The number of amides is 1. The molecule has 0 aromatic carbocycles. The van der Waals surface area contributed by atoms with Crippen LogP contribution in [0.3, 0.4) is 0 Å². The van der Waals surface area contributed by atoms with Crippen molar-refractivity contribution in [2.75, 3.05) is 38.2 Å². The van der Waals surface area contributed by atoms with E-state index in [0.29, 0.717) is 18.7 Å². The average molecular weight is 263 g/mol. The van der Waals surface area contributed by atoms with E-state index >= 15 is 0 Å². The van der Waals surface area contributed by atoms with Gasteiger partial charge in [-0.3, -0.25) is 4.79 Å². The molecule has 5 nitrogen and oxygen atoms in total. The molecule has 0 radical (unpaired) electrons. The van der Waals surface area contributed by atoms with Crippen LogP contribution in [0.4, 0.5) is 5.82 Å². The number of pyridine rings is 1. The molecule has 0 unspecified atom stereocenters. The minimum Gasteiger partial charge on any atom is -0.380 e. The van der Waals surface area contributed by atoms with Crippen LogP contribution in [0, 0.1) is 6.92 Å². The lowest BCUT2D eigenvalue weighted by atomic mass is 10.2. The maximum absolute atomic E-state index is 12.5. The molecular weight excluding hydrogens is 242 g/mol. The van der Waals surface area contributed by atoms with Crippen LogP contribution in [0.5, 0.6) is 0 Å². The molecule has 104 valence electrons. The van der Waals surface area contributed by atoms with E-state index in [-0.39, 0.29) is 5.91 Å². The van der Waals surface area contributed by atoms with Crippen molar-refractivity contribution in [1.82, 2.24) is 9.88 Å². The number of rotatable bonds is 3. The zero-order valence-electron chi connectivity index (χ0n) is 11.6. The molecule has 0 saturated carbocycles. The quantitative estimate of drug-likeness (QED) is 0.901. The van der Waals surface area contributed by atoms with Crippen LogP contribution in [0.1, 0.15) is 29.4 Å². The Morgan fingerprint density at radius 3 is 3.05 bits per heavy atom. The summed E-state index contributed by atoms with van der Waals surface area (Å²) in [4.78, 5) is 18.7. The van der Waals surface area contributed by atoms with E-state index in [0.717, 1.165) is 37.6 Å². The lowest BCUT2D eigenvalue weighted by molar-refractivity contribution is 0.0741. The number of carbonyl (C=O) groups is 1. The zero-order chi connectivity index (χ0) is 13.7. The predicted octanol–water partition coefficient (Wildman–Crippen LogP) is 1.68. The van der Waals surface area contributed by atoms with Crippen LogP contribution >= 0.6 is 0 Å². The minimum absolute atomic E-state index is 0.0650. The fourth-order valence-corrected chi connectivity index (χ4v) is 2.20. The molecule has 1 saturated heterocycles. The van der Waals surface area contributed by atoms with Crippen molar-refractivity contribution in [1.29, 1.82) is 0 Å². The Kier molecular flexibility index (Phi) is 4.74. The number of hydrogen-bond donors (Lipinski definition) is 1. The standard InChI is InChI=1S/C14H21N3O2/c1-3-15-13-10-12(9-11(2)16-13)14(18)17-5-4-7-19-8-6-17/h9-10H,3-8H2,1-2H3,(H,15,16). The minimum atomic E-state index is 0.0650. The first-order chi connectivity index (χ1) is 9.20. The first-order valence-corrected chi connectivity index (χ1v) is 6.80. The SMILES string of the molecule is CCNc1cc(C(=O)N2CCCOCC2)cc(C)n1. The van der Waals surface area contributed by atoms with Crippen molar-refractivity contribution in [3.63, 3.8) is 0 Å². The lowest BCUT2D eigenvalue weighted by Crippen LogP contribution is -2.33. The van der Waals surface area contributed by atoms with Crippen LogP contribution in [-0.2, 0) is 4.74 Å². The van der Waals surface area contributed by atoms with Gasteiger partial charge in [-0.2, -0.15) is 0 Å². The van der Waals surface area contributed by atoms with Gasteiger partial charge in [0.05, 0.1) is 6.61 Å². The lowest BCUT2D eigenvalue weighted by Gasteiger charge is -2.20. The third kappa shape index (κ3) is 3.67. The summed E-state index contributed by atoms with van der Waals surface area (Å²) in [6, 6.07) is 3.67. The molecule has 0 atom stereocenters. The monoisotopic (exact) mass is 263 g/mol. The van der Waals surface area contributed by atoms with Crippen LogP contribution in [0.25, 0.3) is 0 Å². The highest BCUT2D eigenvalue weighted by Crippen LogP contribution is 2.13. The van der Waals surface area contributed by atoms with Gasteiger partial charge in [0, 0.05) is 37.5 Å².